The molecule has 0 heterocycles. The number of halogens is 1. The van der Waals surface area contributed by atoms with Gasteiger partial charge in [0.25, 0.3) is 0 Å². The fraction of sp³-hybridized carbons (Fsp3) is 0.889. The zero-order valence-corrected chi connectivity index (χ0v) is 9.51. The lowest BCUT2D eigenvalue weighted by Crippen LogP contribution is -2.42. The molecule has 3 nitrogen and oxygen atoms in total. The molecule has 0 atom stereocenters. The third-order valence-corrected chi connectivity index (χ3v) is 3.09. The molecule has 0 radical (unpaired) electrons. The molecule has 0 aromatic rings. The average Bonchev–Trinajstić information content (AvgIpc) is 2.50. The molecule has 1 aliphatic carbocycles. The van der Waals surface area contributed by atoms with Crippen LogP contribution in [0.2, 0.25) is 0 Å². The Hall–Kier alpha value is -0.0900. The van der Waals surface area contributed by atoms with E-state index in [0.29, 0.717) is 11.9 Å². The van der Waals surface area contributed by atoms with Gasteiger partial charge in [-0.15, -0.1) is 0 Å². The summed E-state index contributed by atoms with van der Waals surface area (Å²) in [5.74, 6) is 0.0281. The maximum Gasteiger partial charge on any atom is 0.233 e. The lowest BCUT2D eigenvalue weighted by atomic mass is 10.0. The van der Waals surface area contributed by atoms with E-state index in [0.717, 1.165) is 25.7 Å². The van der Waals surface area contributed by atoms with E-state index < -0.39 is 5.60 Å². The van der Waals surface area contributed by atoms with Gasteiger partial charge in [-0.1, -0.05) is 28.8 Å². The van der Waals surface area contributed by atoms with E-state index >= 15 is 0 Å². The van der Waals surface area contributed by atoms with Gasteiger partial charge < -0.3 is 10.0 Å². The Balaban J connectivity index is 2.42. The zero-order valence-electron chi connectivity index (χ0n) is 7.92. The van der Waals surface area contributed by atoms with Gasteiger partial charge in [0.1, 0.15) is 0 Å². The van der Waals surface area contributed by atoms with Crippen molar-refractivity contribution in [3.8, 4) is 0 Å². The van der Waals surface area contributed by atoms with Gasteiger partial charge in [0.05, 0.1) is 10.9 Å². The maximum atomic E-state index is 11.2. The number of amides is 1. The lowest BCUT2D eigenvalue weighted by Gasteiger charge is -2.28. The molecule has 76 valence electrons. The number of alkyl halides is 1. The zero-order chi connectivity index (χ0) is 9.90. The van der Waals surface area contributed by atoms with Crippen LogP contribution < -0.4 is 0 Å². The molecule has 0 aliphatic heterocycles. The fourth-order valence-corrected chi connectivity index (χ4v) is 2.25. The molecule has 1 aliphatic rings. The monoisotopic (exact) mass is 249 g/mol. The highest BCUT2D eigenvalue weighted by Gasteiger charge is 2.33. The molecule has 0 unspecified atom stereocenters. The van der Waals surface area contributed by atoms with Crippen LogP contribution in [0.15, 0.2) is 0 Å². The topological polar surface area (TPSA) is 40.5 Å². The molecule has 1 amide bonds. The van der Waals surface area contributed by atoms with E-state index in [1.165, 1.54) is 0 Å². The average molecular weight is 250 g/mol. The molecule has 1 rings (SSSR count). The summed E-state index contributed by atoms with van der Waals surface area (Å²) >= 11 is 3.11. The Morgan fingerprint density at radius 1 is 1.54 bits per heavy atom. The molecule has 0 spiro atoms. The Kier molecular flexibility index (Phi) is 3.74. The van der Waals surface area contributed by atoms with Crippen LogP contribution in [0.25, 0.3) is 0 Å². The number of aliphatic hydroxyl groups is 1. The van der Waals surface area contributed by atoms with Crippen LogP contribution in [0, 0.1) is 0 Å². The SMILES string of the molecule is CN(CC1(O)CCCC1)C(=O)CBr. The summed E-state index contributed by atoms with van der Waals surface area (Å²) in [5.41, 5.74) is -0.618. The van der Waals surface area contributed by atoms with Gasteiger partial charge in [-0.05, 0) is 12.8 Å². The number of hydrogen-bond donors (Lipinski definition) is 1. The molecule has 4 heteroatoms. The van der Waals surface area contributed by atoms with Gasteiger partial charge in [-0.25, -0.2) is 0 Å². The van der Waals surface area contributed by atoms with Crippen LogP contribution in [0.4, 0.5) is 0 Å². The Bertz CT molecular complexity index is 190. The van der Waals surface area contributed by atoms with Gasteiger partial charge in [-0.3, -0.25) is 4.79 Å². The molecular formula is C9H16BrNO2. The molecule has 1 fully saturated rings. The van der Waals surface area contributed by atoms with E-state index in [2.05, 4.69) is 15.9 Å². The molecule has 13 heavy (non-hydrogen) atoms. The Morgan fingerprint density at radius 3 is 2.54 bits per heavy atom. The maximum absolute atomic E-state index is 11.2. The van der Waals surface area contributed by atoms with Gasteiger partial charge in [0, 0.05) is 13.6 Å². The molecular weight excluding hydrogens is 234 g/mol. The highest BCUT2D eigenvalue weighted by molar-refractivity contribution is 9.09. The minimum atomic E-state index is -0.618. The number of rotatable bonds is 3. The Labute approximate surface area is 87.2 Å². The number of hydrogen-bond acceptors (Lipinski definition) is 2. The van der Waals surface area contributed by atoms with Crippen LogP contribution in [-0.4, -0.2) is 40.4 Å². The summed E-state index contributed by atoms with van der Waals surface area (Å²) in [6.07, 6.45) is 3.81. The van der Waals surface area contributed by atoms with E-state index in [4.69, 9.17) is 0 Å². The van der Waals surface area contributed by atoms with Crippen molar-refractivity contribution in [2.75, 3.05) is 18.9 Å². The highest BCUT2D eigenvalue weighted by Crippen LogP contribution is 2.29. The van der Waals surface area contributed by atoms with Crippen molar-refractivity contribution in [1.82, 2.24) is 4.90 Å². The Morgan fingerprint density at radius 2 is 2.08 bits per heavy atom. The largest absolute Gasteiger partial charge is 0.388 e. The second kappa shape index (κ2) is 4.42. The van der Waals surface area contributed by atoms with E-state index in [-0.39, 0.29) is 5.91 Å². The van der Waals surface area contributed by atoms with Crippen LogP contribution in [-0.2, 0) is 4.79 Å². The van der Waals surface area contributed by atoms with Crippen molar-refractivity contribution in [3.05, 3.63) is 0 Å². The summed E-state index contributed by atoms with van der Waals surface area (Å²) in [4.78, 5) is 12.8. The third-order valence-electron chi connectivity index (χ3n) is 2.61. The van der Waals surface area contributed by atoms with Gasteiger partial charge in [0.15, 0.2) is 0 Å². The predicted octanol–water partition coefficient (Wildman–Crippen LogP) is 1.14. The molecule has 0 aromatic heterocycles. The minimum absolute atomic E-state index is 0.0281. The molecule has 0 aromatic carbocycles. The normalized spacial score (nSPS) is 20.2. The van der Waals surface area contributed by atoms with Crippen LogP contribution in [0.3, 0.4) is 0 Å². The standard InChI is InChI=1S/C9H16BrNO2/c1-11(8(12)6-10)7-9(13)4-2-3-5-9/h13H,2-7H2,1H3. The van der Waals surface area contributed by atoms with E-state index in [9.17, 15) is 9.90 Å². The van der Waals surface area contributed by atoms with Crippen molar-refractivity contribution in [2.45, 2.75) is 31.3 Å². The number of likely N-dealkylation sites (N-methyl/N-ethyl adjacent to an activating group) is 1. The minimum Gasteiger partial charge on any atom is -0.388 e. The molecule has 1 saturated carbocycles. The summed E-state index contributed by atoms with van der Waals surface area (Å²) in [6, 6.07) is 0. The number of nitrogens with zero attached hydrogens (tertiary/aromatic N) is 1. The van der Waals surface area contributed by atoms with Crippen molar-refractivity contribution in [1.29, 1.82) is 0 Å². The van der Waals surface area contributed by atoms with Crippen LogP contribution in [0.5, 0.6) is 0 Å². The van der Waals surface area contributed by atoms with Crippen molar-refractivity contribution in [2.24, 2.45) is 0 Å². The van der Waals surface area contributed by atoms with Gasteiger partial charge in [0.2, 0.25) is 5.91 Å². The second-order valence-electron chi connectivity index (χ2n) is 3.81. The predicted molar refractivity (Wildman–Crippen MR) is 54.8 cm³/mol. The summed E-state index contributed by atoms with van der Waals surface area (Å²) in [5, 5.41) is 10.3. The van der Waals surface area contributed by atoms with Gasteiger partial charge in [-0.2, -0.15) is 0 Å². The smallest absolute Gasteiger partial charge is 0.233 e. The molecule has 1 N–H and O–H groups in total. The first kappa shape index (κ1) is 11.0. The first-order valence-electron chi connectivity index (χ1n) is 4.60. The second-order valence-corrected chi connectivity index (χ2v) is 4.38. The number of carbonyl (C=O) groups excluding carboxylic acids is 1. The lowest BCUT2D eigenvalue weighted by molar-refractivity contribution is -0.130. The van der Waals surface area contributed by atoms with Crippen LogP contribution >= 0.6 is 15.9 Å². The summed E-state index contributed by atoms with van der Waals surface area (Å²) in [6.45, 7) is 0.470. The van der Waals surface area contributed by atoms with Gasteiger partial charge >= 0.3 is 0 Å². The summed E-state index contributed by atoms with van der Waals surface area (Å²) < 4.78 is 0. The quantitative estimate of drug-likeness (QED) is 0.763. The van der Waals surface area contributed by atoms with Crippen LogP contribution in [0.1, 0.15) is 25.7 Å². The molecule has 0 saturated heterocycles. The first-order chi connectivity index (χ1) is 6.07. The van der Waals surface area contributed by atoms with E-state index in [1.54, 1.807) is 11.9 Å². The first-order valence-corrected chi connectivity index (χ1v) is 5.72. The third kappa shape index (κ3) is 2.95. The fourth-order valence-electron chi connectivity index (χ4n) is 1.82. The number of carbonyl (C=O) groups is 1. The van der Waals surface area contributed by atoms with E-state index in [1.807, 2.05) is 0 Å². The van der Waals surface area contributed by atoms with Crippen molar-refractivity contribution in [3.63, 3.8) is 0 Å². The van der Waals surface area contributed by atoms with Crippen molar-refractivity contribution >= 4 is 21.8 Å². The molecule has 0 bridgehead atoms. The van der Waals surface area contributed by atoms with Crippen molar-refractivity contribution < 1.29 is 9.90 Å². The summed E-state index contributed by atoms with van der Waals surface area (Å²) in [7, 11) is 1.74. The highest BCUT2D eigenvalue weighted by atomic mass is 79.9.